The van der Waals surface area contributed by atoms with E-state index in [1.165, 1.54) is 0 Å². The average molecular weight is 305 g/mol. The van der Waals surface area contributed by atoms with Gasteiger partial charge in [0.05, 0.1) is 34.0 Å². The molecule has 0 radical (unpaired) electrons. The average Bonchev–Trinajstić information content (AvgIpc) is 2.62. The molecule has 0 bridgehead atoms. The molecular formula is C13H13BrN4. The van der Waals surface area contributed by atoms with E-state index in [1.807, 2.05) is 30.8 Å². The lowest BCUT2D eigenvalue weighted by atomic mass is 10.2. The van der Waals surface area contributed by atoms with Gasteiger partial charge in [-0.1, -0.05) is 0 Å². The number of aryl methyl sites for hydroxylation is 2. The molecule has 0 atom stereocenters. The van der Waals surface area contributed by atoms with Gasteiger partial charge in [0.2, 0.25) is 0 Å². The summed E-state index contributed by atoms with van der Waals surface area (Å²) in [5.41, 5.74) is 3.73. The normalized spacial score (nSPS) is 10.1. The topological polar surface area (TPSA) is 53.6 Å². The summed E-state index contributed by atoms with van der Waals surface area (Å²) in [5, 5.41) is 16.4. The summed E-state index contributed by atoms with van der Waals surface area (Å²) >= 11 is 3.53. The van der Waals surface area contributed by atoms with Gasteiger partial charge in [0.15, 0.2) is 0 Å². The third kappa shape index (κ3) is 2.54. The summed E-state index contributed by atoms with van der Waals surface area (Å²) in [6.07, 6.45) is 0. The SMILES string of the molecule is Cc1nn(C)c(CNc2ccc(C#N)cc2)c1Br. The number of benzene rings is 1. The highest BCUT2D eigenvalue weighted by Crippen LogP contribution is 2.21. The van der Waals surface area contributed by atoms with Crippen molar-refractivity contribution in [1.29, 1.82) is 5.26 Å². The Bertz CT molecular complexity index is 593. The number of nitriles is 1. The molecule has 2 rings (SSSR count). The van der Waals surface area contributed by atoms with Crippen LogP contribution in [0.3, 0.4) is 0 Å². The molecule has 1 aromatic heterocycles. The van der Waals surface area contributed by atoms with E-state index in [2.05, 4.69) is 32.4 Å². The summed E-state index contributed by atoms with van der Waals surface area (Å²) in [6, 6.07) is 9.49. The molecule has 4 nitrogen and oxygen atoms in total. The van der Waals surface area contributed by atoms with Gasteiger partial charge >= 0.3 is 0 Å². The van der Waals surface area contributed by atoms with Gasteiger partial charge in [0.1, 0.15) is 0 Å². The lowest BCUT2D eigenvalue weighted by molar-refractivity contribution is 0.712. The van der Waals surface area contributed by atoms with Crippen molar-refractivity contribution in [2.24, 2.45) is 7.05 Å². The van der Waals surface area contributed by atoms with Crippen LogP contribution in [0.2, 0.25) is 0 Å². The first-order valence-corrected chi connectivity index (χ1v) is 6.33. The van der Waals surface area contributed by atoms with Gasteiger partial charge in [0, 0.05) is 12.7 Å². The van der Waals surface area contributed by atoms with E-state index in [0.29, 0.717) is 12.1 Å². The van der Waals surface area contributed by atoms with Crippen LogP contribution < -0.4 is 5.32 Å². The van der Waals surface area contributed by atoms with E-state index in [4.69, 9.17) is 5.26 Å². The van der Waals surface area contributed by atoms with Gasteiger partial charge in [-0.3, -0.25) is 4.68 Å². The van der Waals surface area contributed by atoms with Crippen LogP contribution >= 0.6 is 15.9 Å². The van der Waals surface area contributed by atoms with Crippen LogP contribution in [-0.2, 0) is 13.6 Å². The summed E-state index contributed by atoms with van der Waals surface area (Å²) in [6.45, 7) is 2.65. The highest BCUT2D eigenvalue weighted by Gasteiger charge is 2.09. The number of hydrogen-bond acceptors (Lipinski definition) is 3. The molecule has 5 heteroatoms. The predicted octanol–water partition coefficient (Wildman–Crippen LogP) is 2.97. The molecule has 0 fully saturated rings. The summed E-state index contributed by atoms with van der Waals surface area (Å²) in [5.74, 6) is 0. The van der Waals surface area contributed by atoms with Gasteiger partial charge < -0.3 is 5.32 Å². The predicted molar refractivity (Wildman–Crippen MR) is 74.1 cm³/mol. The largest absolute Gasteiger partial charge is 0.379 e. The Labute approximate surface area is 114 Å². The second-order valence-electron chi connectivity index (χ2n) is 4.01. The van der Waals surface area contributed by atoms with E-state index in [9.17, 15) is 0 Å². The van der Waals surface area contributed by atoms with Crippen LogP contribution in [-0.4, -0.2) is 9.78 Å². The lowest BCUT2D eigenvalue weighted by Crippen LogP contribution is -2.05. The maximum atomic E-state index is 8.72. The molecule has 0 saturated carbocycles. The Kier molecular flexibility index (Phi) is 3.68. The number of rotatable bonds is 3. The minimum absolute atomic E-state index is 0.665. The molecule has 0 spiro atoms. The molecule has 1 heterocycles. The molecule has 1 aromatic carbocycles. The van der Waals surface area contributed by atoms with Crippen molar-refractivity contribution < 1.29 is 0 Å². The summed E-state index contributed by atoms with van der Waals surface area (Å²) in [7, 11) is 1.92. The molecule has 0 aliphatic heterocycles. The fraction of sp³-hybridized carbons (Fsp3) is 0.231. The van der Waals surface area contributed by atoms with Crippen LogP contribution in [0.25, 0.3) is 0 Å². The van der Waals surface area contributed by atoms with Crippen molar-refractivity contribution in [2.75, 3.05) is 5.32 Å². The van der Waals surface area contributed by atoms with Gasteiger partial charge in [-0.2, -0.15) is 10.4 Å². The minimum atomic E-state index is 0.665. The molecule has 1 N–H and O–H groups in total. The molecule has 0 aliphatic carbocycles. The second kappa shape index (κ2) is 5.23. The van der Waals surface area contributed by atoms with Crippen LogP contribution in [0.1, 0.15) is 17.0 Å². The fourth-order valence-electron chi connectivity index (χ4n) is 1.72. The molecule has 18 heavy (non-hydrogen) atoms. The summed E-state index contributed by atoms with van der Waals surface area (Å²) < 4.78 is 2.89. The maximum Gasteiger partial charge on any atom is 0.0991 e. The van der Waals surface area contributed by atoms with Crippen molar-refractivity contribution in [3.8, 4) is 6.07 Å². The Morgan fingerprint density at radius 1 is 1.39 bits per heavy atom. The van der Waals surface area contributed by atoms with Crippen molar-refractivity contribution in [3.05, 3.63) is 45.7 Å². The van der Waals surface area contributed by atoms with E-state index in [1.54, 1.807) is 12.1 Å². The molecule has 0 saturated heterocycles. The molecular weight excluding hydrogens is 292 g/mol. The first-order valence-electron chi connectivity index (χ1n) is 5.54. The zero-order valence-corrected chi connectivity index (χ0v) is 11.8. The highest BCUT2D eigenvalue weighted by molar-refractivity contribution is 9.10. The molecule has 2 aromatic rings. The van der Waals surface area contributed by atoms with E-state index in [0.717, 1.165) is 21.5 Å². The van der Waals surface area contributed by atoms with Gasteiger partial charge in [-0.15, -0.1) is 0 Å². The second-order valence-corrected chi connectivity index (χ2v) is 4.81. The number of nitrogens with one attached hydrogen (secondary N) is 1. The third-order valence-corrected chi connectivity index (χ3v) is 3.77. The standard InChI is InChI=1S/C13H13BrN4/c1-9-13(14)12(18(2)17-9)8-16-11-5-3-10(7-15)4-6-11/h3-6,16H,8H2,1-2H3. The zero-order chi connectivity index (χ0) is 13.1. The van der Waals surface area contributed by atoms with Crippen molar-refractivity contribution in [2.45, 2.75) is 13.5 Å². The number of aromatic nitrogens is 2. The monoisotopic (exact) mass is 304 g/mol. The van der Waals surface area contributed by atoms with Crippen molar-refractivity contribution in [1.82, 2.24) is 9.78 Å². The highest BCUT2D eigenvalue weighted by atomic mass is 79.9. The van der Waals surface area contributed by atoms with E-state index < -0.39 is 0 Å². The van der Waals surface area contributed by atoms with Crippen molar-refractivity contribution in [3.63, 3.8) is 0 Å². The zero-order valence-electron chi connectivity index (χ0n) is 10.2. The Morgan fingerprint density at radius 2 is 2.06 bits per heavy atom. The van der Waals surface area contributed by atoms with Crippen molar-refractivity contribution >= 4 is 21.6 Å². The molecule has 92 valence electrons. The van der Waals surface area contributed by atoms with Gasteiger partial charge in [-0.05, 0) is 47.1 Å². The van der Waals surface area contributed by atoms with Crippen LogP contribution in [0.4, 0.5) is 5.69 Å². The maximum absolute atomic E-state index is 8.72. The lowest BCUT2D eigenvalue weighted by Gasteiger charge is -2.07. The fourth-order valence-corrected chi connectivity index (χ4v) is 2.20. The number of halogens is 1. The minimum Gasteiger partial charge on any atom is -0.379 e. The Balaban J connectivity index is 2.09. The molecule has 0 amide bonds. The Hall–Kier alpha value is -1.80. The third-order valence-electron chi connectivity index (χ3n) is 2.74. The van der Waals surface area contributed by atoms with E-state index >= 15 is 0 Å². The van der Waals surface area contributed by atoms with Crippen LogP contribution in [0.5, 0.6) is 0 Å². The molecule has 0 aliphatic rings. The van der Waals surface area contributed by atoms with Crippen LogP contribution in [0.15, 0.2) is 28.7 Å². The first-order chi connectivity index (χ1) is 8.61. The Morgan fingerprint density at radius 3 is 2.56 bits per heavy atom. The smallest absolute Gasteiger partial charge is 0.0991 e. The van der Waals surface area contributed by atoms with Gasteiger partial charge in [-0.25, -0.2) is 0 Å². The number of nitrogens with zero attached hydrogens (tertiary/aromatic N) is 3. The van der Waals surface area contributed by atoms with Gasteiger partial charge in [0.25, 0.3) is 0 Å². The first kappa shape index (κ1) is 12.7. The number of hydrogen-bond donors (Lipinski definition) is 1. The molecule has 0 unspecified atom stereocenters. The quantitative estimate of drug-likeness (QED) is 0.948. The number of anilines is 1. The van der Waals surface area contributed by atoms with E-state index in [-0.39, 0.29) is 0 Å². The summed E-state index contributed by atoms with van der Waals surface area (Å²) in [4.78, 5) is 0. The van der Waals surface area contributed by atoms with Crippen LogP contribution in [0, 0.1) is 18.3 Å².